The van der Waals surface area contributed by atoms with Gasteiger partial charge in [-0.25, -0.2) is 4.79 Å². The number of rotatable bonds is 5. The molecule has 0 aromatic heterocycles. The van der Waals surface area contributed by atoms with E-state index in [9.17, 15) is 14.4 Å². The van der Waals surface area contributed by atoms with Gasteiger partial charge >= 0.3 is 18.3 Å². The first kappa shape index (κ1) is 25.2. The molecule has 0 aliphatic carbocycles. The average molecular weight is 366 g/mol. The fraction of sp³-hybridized carbons (Fsp3) is 0.812. The molecule has 148 valence electrons. The molecule has 1 N–H and O–H groups in total. The third-order valence-electron chi connectivity index (χ3n) is 2.64. The molecule has 0 spiro atoms. The van der Waals surface area contributed by atoms with Gasteiger partial charge in [-0.15, -0.1) is 0 Å². The molecule has 0 amide bonds. The Morgan fingerprint density at radius 1 is 0.680 bits per heavy atom. The van der Waals surface area contributed by atoms with Crippen molar-refractivity contribution in [3.05, 3.63) is 0 Å². The lowest BCUT2D eigenvalue weighted by Gasteiger charge is -2.20. The van der Waals surface area contributed by atoms with Gasteiger partial charge in [0.1, 0.15) is 0 Å². The molecule has 0 bridgehead atoms. The molecular formula is C16H30O9. The third kappa shape index (κ3) is 14.1. The highest BCUT2D eigenvalue weighted by molar-refractivity contribution is 5.72. The largest absolute Gasteiger partial charge is 0.550 e. The molecule has 9 heteroatoms. The van der Waals surface area contributed by atoms with Gasteiger partial charge in [0.05, 0.1) is 18.1 Å². The summed E-state index contributed by atoms with van der Waals surface area (Å²) in [6.45, 7) is 14.3. The van der Waals surface area contributed by atoms with Crippen LogP contribution in [0.3, 0.4) is 0 Å². The monoisotopic (exact) mass is 366 g/mol. The van der Waals surface area contributed by atoms with Crippen LogP contribution in [-0.2, 0) is 28.9 Å². The summed E-state index contributed by atoms with van der Waals surface area (Å²) in [5.41, 5.74) is 0. The van der Waals surface area contributed by atoms with E-state index in [0.717, 1.165) is 0 Å². The fourth-order valence-electron chi connectivity index (χ4n) is 1.87. The van der Waals surface area contributed by atoms with E-state index < -0.39 is 18.3 Å². The minimum Gasteiger partial charge on any atom is -0.429 e. The molecule has 0 rings (SSSR count). The second kappa shape index (κ2) is 13.3. The van der Waals surface area contributed by atoms with Crippen molar-refractivity contribution >= 4 is 18.3 Å². The Bertz CT molecular complexity index is 372. The van der Waals surface area contributed by atoms with E-state index in [1.165, 1.54) is 0 Å². The Morgan fingerprint density at radius 3 is 1.16 bits per heavy atom. The molecule has 0 aromatic carbocycles. The average Bonchev–Trinajstić information content (AvgIpc) is 2.43. The Morgan fingerprint density at radius 2 is 1.00 bits per heavy atom. The summed E-state index contributed by atoms with van der Waals surface area (Å²) in [6.07, 6.45) is -2.85. The minimum absolute atomic E-state index is 0.203. The van der Waals surface area contributed by atoms with Crippen molar-refractivity contribution in [2.24, 2.45) is 17.8 Å². The normalized spacial score (nSPS) is 10.5. The van der Waals surface area contributed by atoms with Crippen molar-refractivity contribution in [1.82, 2.24) is 0 Å². The lowest BCUT2D eigenvalue weighted by molar-refractivity contribution is -0.241. The predicted octanol–water partition coefficient (Wildman–Crippen LogP) is 3.96. The van der Waals surface area contributed by atoms with Crippen molar-refractivity contribution in [3.63, 3.8) is 0 Å². The van der Waals surface area contributed by atoms with Crippen LogP contribution >= 0.6 is 0 Å². The van der Waals surface area contributed by atoms with Crippen LogP contribution in [0, 0.1) is 17.8 Å². The predicted molar refractivity (Wildman–Crippen MR) is 87.3 cm³/mol. The summed E-state index contributed by atoms with van der Waals surface area (Å²) < 4.78 is 9.02. The van der Waals surface area contributed by atoms with Crippen LogP contribution in [0.2, 0.25) is 0 Å². The van der Waals surface area contributed by atoms with Crippen molar-refractivity contribution < 1.29 is 43.8 Å². The molecule has 0 heterocycles. The summed E-state index contributed by atoms with van der Waals surface area (Å²) in [7, 11) is 0. The number of hydrogen-bond donors (Lipinski definition) is 1. The highest BCUT2D eigenvalue weighted by Gasteiger charge is 2.27. The molecule has 0 aliphatic heterocycles. The number of carbonyl (C=O) groups excluding carboxylic acids is 3. The topological polar surface area (TPSA) is 118 Å². The van der Waals surface area contributed by atoms with Crippen LogP contribution in [0.1, 0.15) is 55.4 Å². The second-order valence-electron chi connectivity index (χ2n) is 6.42. The Balaban J connectivity index is 0. The molecule has 0 aliphatic rings. The smallest absolute Gasteiger partial charge is 0.429 e. The van der Waals surface area contributed by atoms with E-state index >= 15 is 0 Å². The van der Waals surface area contributed by atoms with Crippen molar-refractivity contribution in [2.75, 3.05) is 0 Å². The van der Waals surface area contributed by atoms with Gasteiger partial charge < -0.3 is 14.4 Å². The summed E-state index contributed by atoms with van der Waals surface area (Å²) in [5.74, 6) is -0.334. The van der Waals surface area contributed by atoms with Crippen molar-refractivity contribution in [3.8, 4) is 0 Å². The molecule has 0 saturated heterocycles. The van der Waals surface area contributed by atoms with Crippen LogP contribution in [0.15, 0.2) is 0 Å². The summed E-state index contributed by atoms with van der Waals surface area (Å²) in [6, 6.07) is 0. The second-order valence-corrected chi connectivity index (χ2v) is 6.42. The number of ether oxygens (including phenoxy) is 2. The van der Waals surface area contributed by atoms with Gasteiger partial charge in [-0.3, -0.25) is 0 Å². The molecule has 0 atom stereocenters. The Labute approximate surface area is 148 Å². The Hall–Kier alpha value is -2.03. The highest BCUT2D eigenvalue weighted by Crippen LogP contribution is 2.21. The summed E-state index contributed by atoms with van der Waals surface area (Å²) in [4.78, 5) is 43.9. The number of carbonyl (C=O) groups is 3. The number of hydrogen-bond acceptors (Lipinski definition) is 9. The SMILES string of the molecule is CC(C)C(C(=O)OO)C(C)C.CC(C)OC(=O)OOC(=O)OC(C)C. The zero-order valence-electron chi connectivity index (χ0n) is 16.1. The van der Waals surface area contributed by atoms with E-state index in [1.807, 2.05) is 27.7 Å². The van der Waals surface area contributed by atoms with Gasteiger partial charge in [-0.05, 0) is 39.5 Å². The van der Waals surface area contributed by atoms with Gasteiger partial charge in [-0.2, -0.15) is 24.6 Å². The first-order valence-corrected chi connectivity index (χ1v) is 8.03. The molecule has 0 saturated carbocycles. The van der Waals surface area contributed by atoms with Crippen LogP contribution < -0.4 is 0 Å². The van der Waals surface area contributed by atoms with Crippen LogP contribution in [-0.4, -0.2) is 35.7 Å². The quantitative estimate of drug-likeness (QED) is 0.334. The maximum absolute atomic E-state index is 10.9. The van der Waals surface area contributed by atoms with Crippen LogP contribution in [0.5, 0.6) is 0 Å². The summed E-state index contributed by atoms with van der Waals surface area (Å²) >= 11 is 0. The lowest BCUT2D eigenvalue weighted by atomic mass is 9.86. The highest BCUT2D eigenvalue weighted by atomic mass is 17.3. The summed E-state index contributed by atoms with van der Waals surface area (Å²) in [5, 5.41) is 8.15. The zero-order valence-corrected chi connectivity index (χ0v) is 16.1. The molecule has 0 aromatic rings. The third-order valence-corrected chi connectivity index (χ3v) is 2.64. The van der Waals surface area contributed by atoms with Crippen LogP contribution in [0.4, 0.5) is 9.59 Å². The standard InChI is InChI=1S/C8H14O6.C8H16O3/c1-5(2)11-7(9)13-14-8(10)12-6(3)4;1-5(2)7(6(3)4)8(9)11-10/h5-6H,1-4H3;5-7,10H,1-4H3. The van der Waals surface area contributed by atoms with E-state index in [2.05, 4.69) is 24.1 Å². The first-order valence-electron chi connectivity index (χ1n) is 8.03. The van der Waals surface area contributed by atoms with Gasteiger partial charge in [-0.1, -0.05) is 27.7 Å². The van der Waals surface area contributed by atoms with Crippen LogP contribution in [0.25, 0.3) is 0 Å². The first-order chi connectivity index (χ1) is 11.4. The fourth-order valence-corrected chi connectivity index (χ4v) is 1.87. The van der Waals surface area contributed by atoms with E-state index in [-0.39, 0.29) is 30.0 Å². The lowest BCUT2D eigenvalue weighted by Crippen LogP contribution is -2.26. The van der Waals surface area contributed by atoms with E-state index in [4.69, 9.17) is 5.26 Å². The molecular weight excluding hydrogens is 336 g/mol. The molecule has 25 heavy (non-hydrogen) atoms. The van der Waals surface area contributed by atoms with Gasteiger partial charge in [0.15, 0.2) is 0 Å². The molecule has 0 unspecified atom stereocenters. The minimum atomic E-state index is -1.08. The van der Waals surface area contributed by atoms with Crippen molar-refractivity contribution in [2.45, 2.75) is 67.6 Å². The Kier molecular flexibility index (Phi) is 13.4. The zero-order chi connectivity index (χ0) is 20.2. The van der Waals surface area contributed by atoms with E-state index in [0.29, 0.717) is 0 Å². The van der Waals surface area contributed by atoms with Crippen molar-refractivity contribution in [1.29, 1.82) is 0 Å². The maximum Gasteiger partial charge on any atom is 0.550 e. The van der Waals surface area contributed by atoms with E-state index in [1.54, 1.807) is 27.7 Å². The molecule has 0 radical (unpaired) electrons. The van der Waals surface area contributed by atoms with Gasteiger partial charge in [0, 0.05) is 0 Å². The van der Waals surface area contributed by atoms with Gasteiger partial charge in [0.25, 0.3) is 0 Å². The van der Waals surface area contributed by atoms with Gasteiger partial charge in [0.2, 0.25) is 0 Å². The molecule has 9 nitrogen and oxygen atoms in total. The molecule has 0 fully saturated rings. The maximum atomic E-state index is 10.9.